The van der Waals surface area contributed by atoms with Gasteiger partial charge in [-0.15, -0.1) is 0 Å². The second-order valence-electron chi connectivity index (χ2n) is 11.4. The molecule has 2 saturated heterocycles. The molecule has 3 N–H and O–H groups in total. The largest absolute Gasteiger partial charge is 0.355 e. The quantitative estimate of drug-likeness (QED) is 0.553. The van der Waals surface area contributed by atoms with Crippen LogP contribution in [0.1, 0.15) is 75.5 Å². The number of aromatic nitrogens is 3. The standard InChI is InChI=1S/C29H37N7O2/c1-17-24(18-5-3-4-6-18)12-19(28(38)30-2)11-20-14-32-29(35-27(17)20)34-25-10-9-23(15-31-25)36-16-22-8-7-21(33-22)13-26(36)37/h9-11,14-15,17-18,21-22,24,33H,3-8,12-13,16H2,1-2H3,(H,30,38)(H,31,32,34,35). The van der Waals surface area contributed by atoms with Crippen LogP contribution < -0.4 is 20.9 Å². The molecule has 2 aliphatic heterocycles. The highest BCUT2D eigenvalue weighted by Crippen LogP contribution is 2.45. The third-order valence-electron chi connectivity index (χ3n) is 8.99. The molecular weight excluding hydrogens is 478 g/mol. The molecule has 38 heavy (non-hydrogen) atoms. The van der Waals surface area contributed by atoms with Gasteiger partial charge in [0.25, 0.3) is 0 Å². The molecule has 0 aromatic carbocycles. The molecule has 2 aliphatic carbocycles. The molecule has 2 aromatic rings. The Labute approximate surface area is 223 Å². The monoisotopic (exact) mass is 515 g/mol. The Morgan fingerprint density at radius 3 is 2.63 bits per heavy atom. The van der Waals surface area contributed by atoms with E-state index in [-0.39, 0.29) is 17.7 Å². The fourth-order valence-electron chi connectivity index (χ4n) is 6.93. The van der Waals surface area contributed by atoms with E-state index in [9.17, 15) is 9.59 Å². The predicted molar refractivity (Wildman–Crippen MR) is 147 cm³/mol. The Bertz CT molecular complexity index is 1240. The SMILES string of the molecule is CNC(=O)C1=Cc2cnc(Nc3ccc(N4CC5CCC(CC4=O)N5)cn3)nc2C(C)C(C2CCCC2)C1. The first-order valence-electron chi connectivity index (χ1n) is 14.1. The van der Waals surface area contributed by atoms with Crippen LogP contribution in [0.15, 0.2) is 30.1 Å². The van der Waals surface area contributed by atoms with Crippen molar-refractivity contribution in [2.24, 2.45) is 11.8 Å². The number of rotatable bonds is 5. The van der Waals surface area contributed by atoms with Gasteiger partial charge in [-0.1, -0.05) is 32.6 Å². The van der Waals surface area contributed by atoms with Crippen LogP contribution in [0.3, 0.4) is 0 Å². The molecule has 4 unspecified atom stereocenters. The second kappa shape index (κ2) is 10.4. The number of nitrogens with one attached hydrogen (secondary N) is 3. The molecule has 200 valence electrons. The first-order chi connectivity index (χ1) is 18.5. The van der Waals surface area contributed by atoms with E-state index in [2.05, 4.69) is 32.8 Å². The van der Waals surface area contributed by atoms with Crippen LogP contribution in [0.4, 0.5) is 17.5 Å². The van der Waals surface area contributed by atoms with Crippen molar-refractivity contribution in [1.82, 2.24) is 25.6 Å². The van der Waals surface area contributed by atoms with Crippen molar-refractivity contribution in [1.29, 1.82) is 0 Å². The van der Waals surface area contributed by atoms with Crippen molar-refractivity contribution in [3.63, 3.8) is 0 Å². The van der Waals surface area contributed by atoms with Crippen molar-refractivity contribution in [3.05, 3.63) is 41.4 Å². The summed E-state index contributed by atoms with van der Waals surface area (Å²) in [6.45, 7) is 2.93. The molecule has 0 spiro atoms. The fraction of sp³-hybridized carbons (Fsp3) is 0.552. The average Bonchev–Trinajstić information content (AvgIpc) is 3.56. The van der Waals surface area contributed by atoms with Crippen LogP contribution in [0.2, 0.25) is 0 Å². The van der Waals surface area contributed by atoms with Crippen molar-refractivity contribution < 1.29 is 9.59 Å². The first kappa shape index (κ1) is 25.0. The summed E-state index contributed by atoms with van der Waals surface area (Å²) in [6, 6.07) is 4.47. The van der Waals surface area contributed by atoms with E-state index in [4.69, 9.17) is 4.98 Å². The number of hydrogen-bond donors (Lipinski definition) is 3. The lowest BCUT2D eigenvalue weighted by Gasteiger charge is -2.29. The number of anilines is 3. The van der Waals surface area contributed by atoms with Crippen molar-refractivity contribution in [3.8, 4) is 0 Å². The summed E-state index contributed by atoms with van der Waals surface area (Å²) in [7, 11) is 1.69. The summed E-state index contributed by atoms with van der Waals surface area (Å²) < 4.78 is 0. The molecule has 0 radical (unpaired) electrons. The fourth-order valence-corrected chi connectivity index (χ4v) is 6.93. The summed E-state index contributed by atoms with van der Waals surface area (Å²) in [6.07, 6.45) is 14.0. The maximum Gasteiger partial charge on any atom is 0.246 e. The minimum Gasteiger partial charge on any atom is -0.355 e. The van der Waals surface area contributed by atoms with Gasteiger partial charge in [0.2, 0.25) is 17.8 Å². The lowest BCUT2D eigenvalue weighted by Crippen LogP contribution is -2.37. The van der Waals surface area contributed by atoms with Crippen LogP contribution in [-0.2, 0) is 9.59 Å². The number of carbonyl (C=O) groups excluding carboxylic acids is 2. The number of carbonyl (C=O) groups is 2. The number of pyridine rings is 1. The molecule has 2 aromatic heterocycles. The zero-order valence-corrected chi connectivity index (χ0v) is 22.2. The summed E-state index contributed by atoms with van der Waals surface area (Å²) in [5, 5.41) is 9.62. The van der Waals surface area contributed by atoms with Gasteiger partial charge < -0.3 is 20.9 Å². The smallest absolute Gasteiger partial charge is 0.246 e. The molecule has 1 saturated carbocycles. The van der Waals surface area contributed by atoms with Gasteiger partial charge in [0.1, 0.15) is 5.82 Å². The number of nitrogens with zero attached hydrogens (tertiary/aromatic N) is 4. The summed E-state index contributed by atoms with van der Waals surface area (Å²) in [4.78, 5) is 41.4. The van der Waals surface area contributed by atoms with E-state index in [1.165, 1.54) is 25.7 Å². The first-order valence-corrected chi connectivity index (χ1v) is 14.1. The lowest BCUT2D eigenvalue weighted by molar-refractivity contribution is -0.119. The number of amides is 2. The Kier molecular flexibility index (Phi) is 6.86. The summed E-state index contributed by atoms with van der Waals surface area (Å²) >= 11 is 0. The van der Waals surface area contributed by atoms with E-state index in [1.54, 1.807) is 13.2 Å². The van der Waals surface area contributed by atoms with Gasteiger partial charge in [-0.25, -0.2) is 15.0 Å². The minimum atomic E-state index is -0.0222. The van der Waals surface area contributed by atoms with Crippen LogP contribution >= 0.6 is 0 Å². The Hall–Kier alpha value is -3.33. The minimum absolute atomic E-state index is 0.0222. The number of likely N-dealkylation sites (N-methyl/N-ethyl adjacent to an activating group) is 1. The average molecular weight is 516 g/mol. The molecule has 2 bridgehead atoms. The highest BCUT2D eigenvalue weighted by molar-refractivity contribution is 5.98. The van der Waals surface area contributed by atoms with E-state index in [0.717, 1.165) is 41.8 Å². The van der Waals surface area contributed by atoms with Crippen molar-refractivity contribution in [2.45, 2.75) is 76.3 Å². The third kappa shape index (κ3) is 4.91. The molecule has 4 atom stereocenters. The van der Waals surface area contributed by atoms with Gasteiger partial charge in [0, 0.05) is 55.3 Å². The van der Waals surface area contributed by atoms with Crippen LogP contribution in [0.25, 0.3) is 6.08 Å². The van der Waals surface area contributed by atoms with E-state index in [0.29, 0.717) is 48.7 Å². The zero-order chi connectivity index (χ0) is 26.2. The topological polar surface area (TPSA) is 112 Å². The Balaban J connectivity index is 1.23. The Morgan fingerprint density at radius 1 is 1.05 bits per heavy atom. The maximum absolute atomic E-state index is 12.8. The van der Waals surface area contributed by atoms with Crippen LogP contribution in [0.5, 0.6) is 0 Å². The molecule has 4 heterocycles. The van der Waals surface area contributed by atoms with E-state index < -0.39 is 0 Å². The highest BCUT2D eigenvalue weighted by Gasteiger charge is 2.36. The van der Waals surface area contributed by atoms with Gasteiger partial charge in [-0.3, -0.25) is 9.59 Å². The molecular formula is C29H37N7O2. The van der Waals surface area contributed by atoms with E-state index in [1.807, 2.05) is 29.3 Å². The highest BCUT2D eigenvalue weighted by atomic mass is 16.2. The van der Waals surface area contributed by atoms with Crippen molar-refractivity contribution >= 4 is 35.3 Å². The number of fused-ring (bicyclic) bond motifs is 3. The molecule has 3 fully saturated rings. The molecule has 2 amide bonds. The van der Waals surface area contributed by atoms with E-state index >= 15 is 0 Å². The van der Waals surface area contributed by atoms with Crippen LogP contribution in [-0.4, -0.2) is 52.4 Å². The van der Waals surface area contributed by atoms with Gasteiger partial charge in [-0.2, -0.15) is 0 Å². The Morgan fingerprint density at radius 2 is 1.87 bits per heavy atom. The second-order valence-corrected chi connectivity index (χ2v) is 11.4. The molecule has 6 rings (SSSR count). The lowest BCUT2D eigenvalue weighted by atomic mass is 9.77. The number of hydrogen-bond acceptors (Lipinski definition) is 7. The maximum atomic E-state index is 12.8. The van der Waals surface area contributed by atoms with Gasteiger partial charge >= 0.3 is 0 Å². The summed E-state index contributed by atoms with van der Waals surface area (Å²) in [5.41, 5.74) is 3.52. The van der Waals surface area contributed by atoms with Crippen LogP contribution in [0, 0.1) is 11.8 Å². The van der Waals surface area contributed by atoms with Gasteiger partial charge in [0.15, 0.2) is 0 Å². The van der Waals surface area contributed by atoms with Gasteiger partial charge in [-0.05, 0) is 49.3 Å². The predicted octanol–water partition coefficient (Wildman–Crippen LogP) is 3.92. The molecule has 4 aliphatic rings. The normalized spacial score (nSPS) is 27.4. The molecule has 9 heteroatoms. The third-order valence-corrected chi connectivity index (χ3v) is 8.99. The van der Waals surface area contributed by atoms with Crippen molar-refractivity contribution in [2.75, 3.05) is 23.8 Å². The zero-order valence-electron chi connectivity index (χ0n) is 22.2. The van der Waals surface area contributed by atoms with Gasteiger partial charge in [0.05, 0.1) is 17.6 Å². The molecule has 9 nitrogen and oxygen atoms in total. The summed E-state index contributed by atoms with van der Waals surface area (Å²) in [5.74, 6) is 2.44.